The molecule has 0 aromatic heterocycles. The maximum absolute atomic E-state index is 12.0. The van der Waals surface area contributed by atoms with E-state index < -0.39 is 17.8 Å². The lowest BCUT2D eigenvalue weighted by Crippen LogP contribution is -2.20. The van der Waals surface area contributed by atoms with Gasteiger partial charge in [-0.05, 0) is 24.6 Å². The van der Waals surface area contributed by atoms with Crippen LogP contribution in [0, 0.1) is 11.8 Å². The van der Waals surface area contributed by atoms with Crippen LogP contribution in [0.1, 0.15) is 16.8 Å². The number of hydrogen-bond acceptors (Lipinski definition) is 4. The molecule has 0 bridgehead atoms. The van der Waals surface area contributed by atoms with Crippen LogP contribution in [0.15, 0.2) is 18.2 Å². The van der Waals surface area contributed by atoms with Gasteiger partial charge in [0.25, 0.3) is 5.91 Å². The second-order valence-electron chi connectivity index (χ2n) is 4.77. The lowest BCUT2D eigenvalue weighted by Gasteiger charge is -2.11. The van der Waals surface area contributed by atoms with Gasteiger partial charge in [0.05, 0.1) is 24.6 Å². The summed E-state index contributed by atoms with van der Waals surface area (Å²) in [6, 6.07) is 4.64. The fraction of sp³-hybridized carbons (Fsp3) is 0.357. The van der Waals surface area contributed by atoms with Gasteiger partial charge in [0.2, 0.25) is 5.91 Å². The SMILES string of the molecule is CNC(=O)c1ccc(OC)c(NC(=O)C2CC2C(=O)O)c1. The quantitative estimate of drug-likeness (QED) is 0.741. The Morgan fingerprint density at radius 2 is 2.00 bits per heavy atom. The summed E-state index contributed by atoms with van der Waals surface area (Å²) in [6.45, 7) is 0. The van der Waals surface area contributed by atoms with Crippen LogP contribution in [0.25, 0.3) is 0 Å². The number of aliphatic carboxylic acids is 1. The van der Waals surface area contributed by atoms with Gasteiger partial charge < -0.3 is 20.5 Å². The first kappa shape index (κ1) is 14.8. The number of carboxylic acid groups (broad SMARTS) is 1. The van der Waals surface area contributed by atoms with Gasteiger partial charge in [0.1, 0.15) is 5.75 Å². The predicted octanol–water partition coefficient (Wildman–Crippen LogP) is 0.714. The molecule has 2 unspecified atom stereocenters. The summed E-state index contributed by atoms with van der Waals surface area (Å²) >= 11 is 0. The summed E-state index contributed by atoms with van der Waals surface area (Å²) < 4.78 is 5.13. The van der Waals surface area contributed by atoms with E-state index in [2.05, 4.69) is 10.6 Å². The Morgan fingerprint density at radius 3 is 2.52 bits per heavy atom. The molecular weight excluding hydrogens is 276 g/mol. The number of amides is 2. The first-order valence-corrected chi connectivity index (χ1v) is 6.41. The molecule has 2 amide bonds. The van der Waals surface area contributed by atoms with Gasteiger partial charge in [-0.3, -0.25) is 14.4 Å². The first-order chi connectivity index (χ1) is 9.97. The van der Waals surface area contributed by atoms with Crippen LogP contribution in [0.2, 0.25) is 0 Å². The minimum Gasteiger partial charge on any atom is -0.495 e. The van der Waals surface area contributed by atoms with Gasteiger partial charge >= 0.3 is 5.97 Å². The van der Waals surface area contributed by atoms with Crippen molar-refractivity contribution < 1.29 is 24.2 Å². The van der Waals surface area contributed by atoms with Gasteiger partial charge in [-0.2, -0.15) is 0 Å². The molecule has 2 rings (SSSR count). The van der Waals surface area contributed by atoms with E-state index in [1.165, 1.54) is 20.2 Å². The number of carbonyl (C=O) groups excluding carboxylic acids is 2. The van der Waals surface area contributed by atoms with Crippen molar-refractivity contribution in [3.63, 3.8) is 0 Å². The second kappa shape index (κ2) is 5.82. The fourth-order valence-corrected chi connectivity index (χ4v) is 2.07. The molecule has 7 nitrogen and oxygen atoms in total. The summed E-state index contributed by atoms with van der Waals surface area (Å²) in [7, 11) is 2.95. The van der Waals surface area contributed by atoms with Gasteiger partial charge in [0.15, 0.2) is 0 Å². The van der Waals surface area contributed by atoms with E-state index in [1.54, 1.807) is 12.1 Å². The molecule has 0 saturated heterocycles. The fourth-order valence-electron chi connectivity index (χ4n) is 2.07. The third kappa shape index (κ3) is 3.13. The minimum atomic E-state index is -0.971. The molecule has 7 heteroatoms. The molecule has 112 valence electrons. The monoisotopic (exact) mass is 292 g/mol. The number of rotatable bonds is 5. The molecular formula is C14H16N2O5. The van der Waals surface area contributed by atoms with E-state index in [9.17, 15) is 14.4 Å². The van der Waals surface area contributed by atoms with E-state index in [0.29, 0.717) is 23.4 Å². The number of carboxylic acids is 1. The Bertz CT molecular complexity index is 599. The Kier molecular flexibility index (Phi) is 4.11. The van der Waals surface area contributed by atoms with Crippen molar-refractivity contribution in [2.45, 2.75) is 6.42 Å². The molecule has 0 heterocycles. The Balaban J connectivity index is 2.16. The normalized spacial score (nSPS) is 19.5. The van der Waals surface area contributed by atoms with Crippen LogP contribution in [0.4, 0.5) is 5.69 Å². The zero-order valence-electron chi connectivity index (χ0n) is 11.7. The average molecular weight is 292 g/mol. The summed E-state index contributed by atoms with van der Waals surface area (Å²) in [6.07, 6.45) is 0.332. The van der Waals surface area contributed by atoms with E-state index in [4.69, 9.17) is 9.84 Å². The van der Waals surface area contributed by atoms with Crippen molar-refractivity contribution in [3.8, 4) is 5.75 Å². The summed E-state index contributed by atoms with van der Waals surface area (Å²) in [4.78, 5) is 34.4. The molecule has 1 aromatic rings. The zero-order chi connectivity index (χ0) is 15.6. The van der Waals surface area contributed by atoms with Gasteiger partial charge in [0, 0.05) is 12.6 Å². The lowest BCUT2D eigenvalue weighted by molar-refractivity contribution is -0.139. The number of hydrogen-bond donors (Lipinski definition) is 3. The van der Waals surface area contributed by atoms with Crippen molar-refractivity contribution in [1.82, 2.24) is 5.32 Å². The number of ether oxygens (including phenoxy) is 1. The number of carbonyl (C=O) groups is 3. The third-order valence-corrected chi connectivity index (χ3v) is 3.39. The second-order valence-corrected chi connectivity index (χ2v) is 4.77. The molecule has 0 radical (unpaired) electrons. The summed E-state index contributed by atoms with van der Waals surface area (Å²) in [5.41, 5.74) is 0.721. The molecule has 21 heavy (non-hydrogen) atoms. The molecule has 0 aliphatic heterocycles. The number of methoxy groups -OCH3 is 1. The van der Waals surface area contributed by atoms with Crippen LogP contribution in [0.3, 0.4) is 0 Å². The molecule has 1 aliphatic rings. The van der Waals surface area contributed by atoms with Crippen molar-refractivity contribution >= 4 is 23.5 Å². The van der Waals surface area contributed by atoms with Crippen LogP contribution >= 0.6 is 0 Å². The molecule has 2 atom stereocenters. The highest BCUT2D eigenvalue weighted by Gasteiger charge is 2.48. The van der Waals surface area contributed by atoms with Crippen LogP contribution in [0.5, 0.6) is 5.75 Å². The van der Waals surface area contributed by atoms with Crippen molar-refractivity contribution in [1.29, 1.82) is 0 Å². The smallest absolute Gasteiger partial charge is 0.307 e. The van der Waals surface area contributed by atoms with Gasteiger partial charge in [-0.25, -0.2) is 0 Å². The average Bonchev–Trinajstić information content (AvgIpc) is 3.27. The predicted molar refractivity (Wildman–Crippen MR) is 74.2 cm³/mol. The largest absolute Gasteiger partial charge is 0.495 e. The van der Waals surface area contributed by atoms with Crippen molar-refractivity contribution in [2.75, 3.05) is 19.5 Å². The van der Waals surface area contributed by atoms with Crippen LogP contribution < -0.4 is 15.4 Å². The number of nitrogens with one attached hydrogen (secondary N) is 2. The van der Waals surface area contributed by atoms with E-state index in [1.807, 2.05) is 0 Å². The maximum atomic E-state index is 12.0. The molecule has 3 N–H and O–H groups in total. The highest BCUT2D eigenvalue weighted by Crippen LogP contribution is 2.40. The van der Waals surface area contributed by atoms with E-state index >= 15 is 0 Å². The molecule has 1 aromatic carbocycles. The molecule has 0 spiro atoms. The summed E-state index contributed by atoms with van der Waals surface area (Å²) in [5, 5.41) is 13.9. The Labute approximate surface area is 121 Å². The highest BCUT2D eigenvalue weighted by molar-refractivity contribution is 6.01. The molecule has 1 saturated carbocycles. The van der Waals surface area contributed by atoms with Crippen molar-refractivity contribution in [3.05, 3.63) is 23.8 Å². The van der Waals surface area contributed by atoms with Crippen LogP contribution in [-0.4, -0.2) is 37.0 Å². The summed E-state index contributed by atoms with van der Waals surface area (Å²) in [5.74, 6) is -2.39. The number of anilines is 1. The van der Waals surface area contributed by atoms with E-state index in [0.717, 1.165) is 0 Å². The zero-order valence-corrected chi connectivity index (χ0v) is 11.7. The highest BCUT2D eigenvalue weighted by atomic mass is 16.5. The third-order valence-electron chi connectivity index (χ3n) is 3.39. The van der Waals surface area contributed by atoms with Crippen molar-refractivity contribution in [2.24, 2.45) is 11.8 Å². The number of benzene rings is 1. The Hall–Kier alpha value is -2.57. The lowest BCUT2D eigenvalue weighted by atomic mass is 10.1. The van der Waals surface area contributed by atoms with Crippen LogP contribution in [-0.2, 0) is 9.59 Å². The van der Waals surface area contributed by atoms with Gasteiger partial charge in [-0.1, -0.05) is 0 Å². The first-order valence-electron chi connectivity index (χ1n) is 6.41. The Morgan fingerprint density at radius 1 is 1.29 bits per heavy atom. The molecule has 1 aliphatic carbocycles. The topological polar surface area (TPSA) is 105 Å². The van der Waals surface area contributed by atoms with E-state index in [-0.39, 0.29) is 11.8 Å². The molecule has 1 fully saturated rings. The standard InChI is InChI=1S/C14H16N2O5/c1-15-12(17)7-3-4-11(21-2)10(5-7)16-13(18)8-6-9(8)14(19)20/h3-5,8-9H,6H2,1-2H3,(H,15,17)(H,16,18)(H,19,20). The maximum Gasteiger partial charge on any atom is 0.307 e. The minimum absolute atomic E-state index is 0.289. The van der Waals surface area contributed by atoms with Gasteiger partial charge in [-0.15, -0.1) is 0 Å².